The number of benzene rings is 4. The molecule has 0 radical (unpaired) electrons. The molecule has 5 heterocycles. The Morgan fingerprint density at radius 2 is 1.02 bits per heavy atom. The molecule has 0 bridgehead atoms. The lowest BCUT2D eigenvalue weighted by Gasteiger charge is -2.12. The van der Waals surface area contributed by atoms with Crippen molar-refractivity contribution in [3.05, 3.63) is 146 Å². The Labute approximate surface area is 253 Å². The summed E-state index contributed by atoms with van der Waals surface area (Å²) in [4.78, 5) is 17.8. The second-order valence-electron chi connectivity index (χ2n) is 11.0. The number of hydrogen-bond acceptors (Lipinski definition) is 3. The molecular weight excluding hydrogens is 538 g/mol. The molecule has 5 heteroatoms. The molecule has 0 unspecified atom stereocenters. The highest BCUT2D eigenvalue weighted by atomic mass is 15.0. The Kier molecular flexibility index (Phi) is 5.43. The van der Waals surface area contributed by atoms with Gasteiger partial charge in [-0.3, -0.25) is 9.97 Å². The second kappa shape index (κ2) is 9.75. The Morgan fingerprint density at radius 3 is 1.75 bits per heavy atom. The third kappa shape index (κ3) is 3.91. The van der Waals surface area contributed by atoms with Crippen molar-refractivity contribution in [3.8, 4) is 39.6 Å². The van der Waals surface area contributed by atoms with Crippen molar-refractivity contribution in [1.29, 1.82) is 0 Å². The number of H-pyrrole nitrogens is 1. The Bertz CT molecular complexity index is 2430. The topological polar surface area (TPSA) is 59.4 Å². The summed E-state index contributed by atoms with van der Waals surface area (Å²) in [6.45, 7) is 0. The molecule has 0 atom stereocenters. The number of aromatic amines is 1. The normalized spacial score (nSPS) is 11.6. The summed E-state index contributed by atoms with van der Waals surface area (Å²) in [6.07, 6.45) is 3.61. The van der Waals surface area contributed by atoms with Gasteiger partial charge in [-0.2, -0.15) is 0 Å². The van der Waals surface area contributed by atoms with Gasteiger partial charge < -0.3 is 9.55 Å². The molecular formula is C39H25N5. The van der Waals surface area contributed by atoms with Crippen LogP contribution < -0.4 is 0 Å². The molecule has 9 rings (SSSR count). The van der Waals surface area contributed by atoms with E-state index in [2.05, 4.69) is 117 Å². The molecule has 0 aliphatic heterocycles. The van der Waals surface area contributed by atoms with Crippen molar-refractivity contribution in [1.82, 2.24) is 24.5 Å². The average Bonchev–Trinajstić information content (AvgIpc) is 3.64. The lowest BCUT2D eigenvalue weighted by molar-refractivity contribution is 1.14. The van der Waals surface area contributed by atoms with E-state index in [0.29, 0.717) is 0 Å². The van der Waals surface area contributed by atoms with Gasteiger partial charge in [-0.25, -0.2) is 4.98 Å². The lowest BCUT2D eigenvalue weighted by Crippen LogP contribution is -1.99. The molecule has 0 fully saturated rings. The summed E-state index contributed by atoms with van der Waals surface area (Å²) in [5, 5.41) is 4.88. The van der Waals surface area contributed by atoms with Crippen LogP contribution in [0.4, 0.5) is 0 Å². The molecule has 1 N–H and O–H groups in total. The van der Waals surface area contributed by atoms with E-state index in [1.807, 2.05) is 36.4 Å². The van der Waals surface area contributed by atoms with E-state index in [9.17, 15) is 0 Å². The fourth-order valence-electron chi connectivity index (χ4n) is 6.39. The molecule has 0 saturated carbocycles. The van der Waals surface area contributed by atoms with Crippen LogP contribution >= 0.6 is 0 Å². The molecule has 5 aromatic heterocycles. The molecule has 0 aliphatic carbocycles. The highest BCUT2D eigenvalue weighted by Gasteiger charge is 2.17. The van der Waals surface area contributed by atoms with Gasteiger partial charge in [0.15, 0.2) is 0 Å². The van der Waals surface area contributed by atoms with Crippen LogP contribution in [0.5, 0.6) is 0 Å². The van der Waals surface area contributed by atoms with Gasteiger partial charge in [0, 0.05) is 45.0 Å². The number of nitrogens with one attached hydrogen (secondary N) is 1. The van der Waals surface area contributed by atoms with Gasteiger partial charge >= 0.3 is 0 Å². The Hall–Kier alpha value is -6.07. The van der Waals surface area contributed by atoms with E-state index in [4.69, 9.17) is 4.98 Å². The van der Waals surface area contributed by atoms with Crippen molar-refractivity contribution in [2.45, 2.75) is 0 Å². The molecule has 206 valence electrons. The number of nitrogens with zero attached hydrogens (tertiary/aromatic N) is 4. The van der Waals surface area contributed by atoms with Crippen LogP contribution in [0.15, 0.2) is 146 Å². The predicted octanol–water partition coefficient (Wildman–Crippen LogP) is 9.60. The fraction of sp³-hybridized carbons (Fsp3) is 0. The van der Waals surface area contributed by atoms with E-state index in [1.54, 1.807) is 12.4 Å². The first-order valence-corrected chi connectivity index (χ1v) is 14.7. The maximum Gasteiger partial charge on any atom is 0.0915 e. The third-order valence-electron chi connectivity index (χ3n) is 8.44. The SMILES string of the molecule is c1ccc(-c2cc(-n3c4ccccc4c4cc(-c5ccc6[nH]c7ccccc7c6c5)ccc43)cc(-c3ccccn3)n2)nc1. The second-order valence-corrected chi connectivity index (χ2v) is 11.0. The van der Waals surface area contributed by atoms with Crippen molar-refractivity contribution < 1.29 is 0 Å². The molecule has 0 saturated heterocycles. The smallest absolute Gasteiger partial charge is 0.0915 e. The van der Waals surface area contributed by atoms with Gasteiger partial charge in [0.05, 0.1) is 39.5 Å². The molecule has 5 nitrogen and oxygen atoms in total. The molecule has 0 aliphatic rings. The largest absolute Gasteiger partial charge is 0.355 e. The van der Waals surface area contributed by atoms with Gasteiger partial charge in [-0.05, 0) is 83.9 Å². The molecule has 0 spiro atoms. The van der Waals surface area contributed by atoms with Crippen molar-refractivity contribution in [3.63, 3.8) is 0 Å². The van der Waals surface area contributed by atoms with Gasteiger partial charge in [0.1, 0.15) is 0 Å². The number of hydrogen-bond donors (Lipinski definition) is 1. The standard InChI is InChI=1S/C39H25N5/c1-3-11-32-28(9-1)30-21-25(15-17-33(30)42-32)26-16-18-39-31(22-26)29-10-2-4-14-38(29)44(39)27-23-36(34-12-5-7-19-40-34)43-37(24-27)35-13-6-8-20-41-35/h1-24,42H. The highest BCUT2D eigenvalue weighted by molar-refractivity contribution is 6.12. The van der Waals surface area contributed by atoms with Crippen LogP contribution in [0.2, 0.25) is 0 Å². The zero-order chi connectivity index (χ0) is 29.0. The minimum absolute atomic E-state index is 0.804. The number of aromatic nitrogens is 5. The highest BCUT2D eigenvalue weighted by Crippen LogP contribution is 2.37. The first kappa shape index (κ1) is 24.5. The summed E-state index contributed by atoms with van der Waals surface area (Å²) >= 11 is 0. The number of rotatable bonds is 4. The summed E-state index contributed by atoms with van der Waals surface area (Å²) in [5.41, 5.74) is 11.2. The van der Waals surface area contributed by atoms with E-state index >= 15 is 0 Å². The predicted molar refractivity (Wildman–Crippen MR) is 180 cm³/mol. The van der Waals surface area contributed by atoms with E-state index in [0.717, 1.165) is 50.5 Å². The van der Waals surface area contributed by atoms with Crippen molar-refractivity contribution >= 4 is 43.6 Å². The summed E-state index contributed by atoms with van der Waals surface area (Å²) in [5.74, 6) is 0. The minimum Gasteiger partial charge on any atom is -0.355 e. The summed E-state index contributed by atoms with van der Waals surface area (Å²) < 4.78 is 2.33. The van der Waals surface area contributed by atoms with Crippen LogP contribution in [0, 0.1) is 0 Å². The van der Waals surface area contributed by atoms with Crippen LogP contribution in [0.3, 0.4) is 0 Å². The monoisotopic (exact) mass is 563 g/mol. The first-order chi connectivity index (χ1) is 21.8. The molecule has 9 aromatic rings. The zero-order valence-corrected chi connectivity index (χ0v) is 23.6. The Balaban J connectivity index is 1.27. The van der Waals surface area contributed by atoms with E-state index < -0.39 is 0 Å². The van der Waals surface area contributed by atoms with Gasteiger partial charge in [-0.15, -0.1) is 0 Å². The van der Waals surface area contributed by atoms with Gasteiger partial charge in [0.2, 0.25) is 0 Å². The number of fused-ring (bicyclic) bond motifs is 6. The molecule has 44 heavy (non-hydrogen) atoms. The maximum atomic E-state index is 5.00. The molecule has 4 aromatic carbocycles. The summed E-state index contributed by atoms with van der Waals surface area (Å²) in [7, 11) is 0. The average molecular weight is 564 g/mol. The fourth-order valence-corrected chi connectivity index (χ4v) is 6.39. The van der Waals surface area contributed by atoms with Crippen LogP contribution in [0.25, 0.3) is 83.2 Å². The van der Waals surface area contributed by atoms with E-state index in [-0.39, 0.29) is 0 Å². The lowest BCUT2D eigenvalue weighted by atomic mass is 10.0. The zero-order valence-electron chi connectivity index (χ0n) is 23.6. The summed E-state index contributed by atoms with van der Waals surface area (Å²) in [6, 6.07) is 46.7. The first-order valence-electron chi connectivity index (χ1n) is 14.7. The van der Waals surface area contributed by atoms with Crippen LogP contribution in [-0.2, 0) is 0 Å². The van der Waals surface area contributed by atoms with Crippen molar-refractivity contribution in [2.75, 3.05) is 0 Å². The van der Waals surface area contributed by atoms with Crippen LogP contribution in [-0.4, -0.2) is 24.5 Å². The number of pyridine rings is 3. The maximum absolute atomic E-state index is 5.00. The van der Waals surface area contributed by atoms with Gasteiger partial charge in [0.25, 0.3) is 0 Å². The van der Waals surface area contributed by atoms with Gasteiger partial charge in [-0.1, -0.05) is 60.7 Å². The number of para-hydroxylation sites is 2. The van der Waals surface area contributed by atoms with Crippen LogP contribution in [0.1, 0.15) is 0 Å². The van der Waals surface area contributed by atoms with Crippen molar-refractivity contribution in [2.24, 2.45) is 0 Å². The third-order valence-corrected chi connectivity index (χ3v) is 8.44. The molecule has 0 amide bonds. The minimum atomic E-state index is 0.804. The quantitative estimate of drug-likeness (QED) is 0.232. The van der Waals surface area contributed by atoms with E-state index in [1.165, 1.54) is 32.7 Å². The Morgan fingerprint density at radius 1 is 0.432 bits per heavy atom.